The minimum absolute atomic E-state index is 0.137. The van der Waals surface area contributed by atoms with E-state index in [1.165, 1.54) is 12.1 Å². The number of fused-ring (bicyclic) bond motifs is 1. The van der Waals surface area contributed by atoms with Gasteiger partial charge in [-0.3, -0.25) is 0 Å². The molecule has 23 heavy (non-hydrogen) atoms. The SMILES string of the molecule is C=CCOC(=O)c1cc(Br)c2nc(-c3ccccc3F)[nH]c2c1. The maximum absolute atomic E-state index is 13.9. The summed E-state index contributed by atoms with van der Waals surface area (Å²) >= 11 is 3.38. The van der Waals surface area contributed by atoms with Crippen molar-refractivity contribution in [1.29, 1.82) is 0 Å². The van der Waals surface area contributed by atoms with Crippen molar-refractivity contribution in [3.05, 3.63) is 64.9 Å². The predicted molar refractivity (Wildman–Crippen MR) is 89.7 cm³/mol. The number of hydrogen-bond acceptors (Lipinski definition) is 3. The van der Waals surface area contributed by atoms with Crippen molar-refractivity contribution >= 4 is 32.9 Å². The number of halogens is 2. The Morgan fingerprint density at radius 3 is 2.91 bits per heavy atom. The number of imidazole rings is 1. The quantitative estimate of drug-likeness (QED) is 0.541. The highest BCUT2D eigenvalue weighted by atomic mass is 79.9. The molecule has 0 bridgehead atoms. The number of carbonyl (C=O) groups excluding carboxylic acids is 1. The summed E-state index contributed by atoms with van der Waals surface area (Å²) in [5.41, 5.74) is 1.97. The van der Waals surface area contributed by atoms with Crippen molar-refractivity contribution in [3.8, 4) is 11.4 Å². The molecule has 3 rings (SSSR count). The summed E-state index contributed by atoms with van der Waals surface area (Å²) in [5, 5.41) is 0. The van der Waals surface area contributed by atoms with Crippen LogP contribution in [0.1, 0.15) is 10.4 Å². The lowest BCUT2D eigenvalue weighted by Crippen LogP contribution is -2.05. The van der Waals surface area contributed by atoms with E-state index < -0.39 is 5.97 Å². The maximum Gasteiger partial charge on any atom is 0.338 e. The van der Waals surface area contributed by atoms with Gasteiger partial charge in [0.1, 0.15) is 23.8 Å². The highest BCUT2D eigenvalue weighted by molar-refractivity contribution is 9.10. The molecule has 0 spiro atoms. The zero-order chi connectivity index (χ0) is 16.4. The Labute approximate surface area is 140 Å². The van der Waals surface area contributed by atoms with E-state index in [4.69, 9.17) is 4.74 Å². The number of aromatic nitrogens is 2. The Hall–Kier alpha value is -2.47. The third kappa shape index (κ3) is 3.03. The molecule has 0 saturated carbocycles. The van der Waals surface area contributed by atoms with Crippen molar-refractivity contribution in [2.75, 3.05) is 6.61 Å². The number of aromatic amines is 1. The largest absolute Gasteiger partial charge is 0.458 e. The summed E-state index contributed by atoms with van der Waals surface area (Å²) in [6, 6.07) is 9.61. The second-order valence-electron chi connectivity index (χ2n) is 4.81. The van der Waals surface area contributed by atoms with Crippen LogP contribution in [-0.2, 0) is 4.74 Å². The summed E-state index contributed by atoms with van der Waals surface area (Å²) in [7, 11) is 0. The summed E-state index contributed by atoms with van der Waals surface area (Å²) in [5.74, 6) is -0.432. The second kappa shape index (κ2) is 6.34. The van der Waals surface area contributed by atoms with Crippen LogP contribution in [-0.4, -0.2) is 22.5 Å². The van der Waals surface area contributed by atoms with Gasteiger partial charge in [-0.15, -0.1) is 0 Å². The lowest BCUT2D eigenvalue weighted by Gasteiger charge is -2.02. The zero-order valence-corrected chi connectivity index (χ0v) is 13.6. The van der Waals surface area contributed by atoms with E-state index in [2.05, 4.69) is 32.5 Å². The van der Waals surface area contributed by atoms with Gasteiger partial charge < -0.3 is 9.72 Å². The first-order valence-corrected chi connectivity index (χ1v) is 7.61. The monoisotopic (exact) mass is 374 g/mol. The molecule has 0 fully saturated rings. The Morgan fingerprint density at radius 1 is 1.39 bits per heavy atom. The number of rotatable bonds is 4. The molecule has 0 saturated heterocycles. The Kier molecular flexibility index (Phi) is 4.25. The molecular formula is C17H12BrFN2O2. The molecule has 6 heteroatoms. The standard InChI is InChI=1S/C17H12BrFN2O2/c1-2-7-23-17(22)10-8-12(18)15-14(9-10)20-16(21-15)11-5-3-4-6-13(11)19/h2-6,8-9H,1,7H2,(H,20,21). The van der Waals surface area contributed by atoms with Crippen LogP contribution in [0.5, 0.6) is 0 Å². The normalized spacial score (nSPS) is 10.7. The van der Waals surface area contributed by atoms with E-state index in [1.807, 2.05) is 0 Å². The molecule has 2 aromatic carbocycles. The van der Waals surface area contributed by atoms with Gasteiger partial charge in [-0.25, -0.2) is 14.2 Å². The van der Waals surface area contributed by atoms with Gasteiger partial charge in [-0.05, 0) is 40.2 Å². The molecule has 0 amide bonds. The van der Waals surface area contributed by atoms with Crippen molar-refractivity contribution in [3.63, 3.8) is 0 Å². The molecule has 0 radical (unpaired) electrons. The zero-order valence-electron chi connectivity index (χ0n) is 12.0. The van der Waals surface area contributed by atoms with Gasteiger partial charge >= 0.3 is 5.97 Å². The molecule has 3 aromatic rings. The number of H-pyrrole nitrogens is 1. The summed E-state index contributed by atoms with van der Waals surface area (Å²) in [6.45, 7) is 3.64. The van der Waals surface area contributed by atoms with Gasteiger partial charge in [0, 0.05) is 4.47 Å². The lowest BCUT2D eigenvalue weighted by molar-refractivity contribution is 0.0550. The van der Waals surface area contributed by atoms with Crippen LogP contribution >= 0.6 is 15.9 Å². The van der Waals surface area contributed by atoms with Crippen LogP contribution in [0.15, 0.2) is 53.5 Å². The van der Waals surface area contributed by atoms with Crippen molar-refractivity contribution < 1.29 is 13.9 Å². The van der Waals surface area contributed by atoms with E-state index in [0.29, 0.717) is 32.5 Å². The molecule has 116 valence electrons. The molecular weight excluding hydrogens is 363 g/mol. The third-order valence-electron chi connectivity index (χ3n) is 3.24. The van der Waals surface area contributed by atoms with Crippen LogP contribution in [0.4, 0.5) is 4.39 Å². The second-order valence-corrected chi connectivity index (χ2v) is 5.66. The fourth-order valence-electron chi connectivity index (χ4n) is 2.19. The van der Waals surface area contributed by atoms with E-state index in [1.54, 1.807) is 30.3 Å². The summed E-state index contributed by atoms with van der Waals surface area (Å²) in [6.07, 6.45) is 1.50. The van der Waals surface area contributed by atoms with Crippen molar-refractivity contribution in [1.82, 2.24) is 9.97 Å². The molecule has 4 nitrogen and oxygen atoms in total. The van der Waals surface area contributed by atoms with Crippen molar-refractivity contribution in [2.45, 2.75) is 0 Å². The first kappa shape index (κ1) is 15.4. The summed E-state index contributed by atoms with van der Waals surface area (Å²) < 4.78 is 19.5. The maximum atomic E-state index is 13.9. The molecule has 0 aliphatic carbocycles. The molecule has 1 heterocycles. The Bertz CT molecular complexity index is 905. The summed E-state index contributed by atoms with van der Waals surface area (Å²) in [4.78, 5) is 19.4. The Balaban J connectivity index is 2.06. The topological polar surface area (TPSA) is 55.0 Å². The van der Waals surface area contributed by atoms with Crippen LogP contribution < -0.4 is 0 Å². The number of benzene rings is 2. The number of nitrogens with one attached hydrogen (secondary N) is 1. The van der Waals surface area contributed by atoms with Gasteiger partial charge in [0.15, 0.2) is 0 Å². The number of esters is 1. The minimum atomic E-state index is -0.463. The van der Waals surface area contributed by atoms with Gasteiger partial charge in [0.05, 0.1) is 16.6 Å². The first-order valence-electron chi connectivity index (χ1n) is 6.82. The highest BCUT2D eigenvalue weighted by Gasteiger charge is 2.15. The van der Waals surface area contributed by atoms with Gasteiger partial charge in [-0.2, -0.15) is 0 Å². The molecule has 0 unspecified atom stereocenters. The highest BCUT2D eigenvalue weighted by Crippen LogP contribution is 2.28. The lowest BCUT2D eigenvalue weighted by atomic mass is 10.2. The average molecular weight is 375 g/mol. The van der Waals surface area contributed by atoms with Crippen LogP contribution in [0.25, 0.3) is 22.4 Å². The average Bonchev–Trinajstić information content (AvgIpc) is 2.97. The molecule has 0 atom stereocenters. The number of hydrogen-bond donors (Lipinski definition) is 1. The van der Waals surface area contributed by atoms with E-state index >= 15 is 0 Å². The van der Waals surface area contributed by atoms with E-state index in [0.717, 1.165) is 0 Å². The fourth-order valence-corrected chi connectivity index (χ4v) is 2.74. The minimum Gasteiger partial charge on any atom is -0.458 e. The van der Waals surface area contributed by atoms with Crippen molar-refractivity contribution in [2.24, 2.45) is 0 Å². The van der Waals surface area contributed by atoms with E-state index in [9.17, 15) is 9.18 Å². The van der Waals surface area contributed by atoms with Crippen LogP contribution in [0.2, 0.25) is 0 Å². The van der Waals surface area contributed by atoms with E-state index in [-0.39, 0.29) is 12.4 Å². The fraction of sp³-hybridized carbons (Fsp3) is 0.0588. The van der Waals surface area contributed by atoms with Gasteiger partial charge in [-0.1, -0.05) is 24.8 Å². The first-order chi connectivity index (χ1) is 11.1. The van der Waals surface area contributed by atoms with Gasteiger partial charge in [0.25, 0.3) is 0 Å². The Morgan fingerprint density at radius 2 is 2.17 bits per heavy atom. The third-order valence-corrected chi connectivity index (χ3v) is 3.84. The molecule has 1 N–H and O–H groups in total. The van der Waals surface area contributed by atoms with Gasteiger partial charge in [0.2, 0.25) is 0 Å². The molecule has 0 aliphatic heterocycles. The molecule has 1 aromatic heterocycles. The number of carbonyl (C=O) groups is 1. The van der Waals surface area contributed by atoms with Crippen LogP contribution in [0, 0.1) is 5.82 Å². The smallest absolute Gasteiger partial charge is 0.338 e. The number of ether oxygens (including phenoxy) is 1. The predicted octanol–water partition coefficient (Wildman–Crippen LogP) is 4.47. The van der Waals surface area contributed by atoms with Crippen LogP contribution in [0.3, 0.4) is 0 Å². The molecule has 0 aliphatic rings. The number of nitrogens with zero attached hydrogens (tertiary/aromatic N) is 1.